The summed E-state index contributed by atoms with van der Waals surface area (Å²) in [4.78, 5) is 4.35. The molecule has 1 unspecified atom stereocenters. The monoisotopic (exact) mass is 244 g/mol. The van der Waals surface area contributed by atoms with Gasteiger partial charge in [-0.1, -0.05) is 6.07 Å². The Morgan fingerprint density at radius 2 is 2.17 bits per heavy atom. The van der Waals surface area contributed by atoms with Crippen molar-refractivity contribution >= 4 is 0 Å². The number of nitrogens with one attached hydrogen (secondary N) is 1. The molecule has 2 aromatic rings. The molecule has 2 rings (SSSR count). The summed E-state index contributed by atoms with van der Waals surface area (Å²) in [6.45, 7) is 2.01. The summed E-state index contributed by atoms with van der Waals surface area (Å²) in [7, 11) is 3.94. The van der Waals surface area contributed by atoms with Gasteiger partial charge in [-0.3, -0.25) is 9.67 Å². The van der Waals surface area contributed by atoms with Crippen molar-refractivity contribution in [3.8, 4) is 0 Å². The Kier molecular flexibility index (Phi) is 4.10. The van der Waals surface area contributed by atoms with Gasteiger partial charge in [0.25, 0.3) is 0 Å². The van der Waals surface area contributed by atoms with Crippen molar-refractivity contribution in [2.45, 2.75) is 25.8 Å². The maximum absolute atomic E-state index is 4.35. The SMILES string of the molecule is CNC(CCc1cnn(C)c1)c1ccc(C)nc1. The number of aromatic nitrogens is 3. The van der Waals surface area contributed by atoms with Gasteiger partial charge in [-0.2, -0.15) is 5.10 Å². The summed E-state index contributed by atoms with van der Waals surface area (Å²) in [5.74, 6) is 0. The third-order valence-corrected chi connectivity index (χ3v) is 3.17. The first-order valence-electron chi connectivity index (χ1n) is 6.26. The predicted molar refractivity (Wildman–Crippen MR) is 72.3 cm³/mol. The molecule has 0 aromatic carbocycles. The van der Waals surface area contributed by atoms with Crippen LogP contribution in [-0.4, -0.2) is 21.8 Å². The maximum atomic E-state index is 4.35. The number of hydrogen-bond donors (Lipinski definition) is 1. The van der Waals surface area contributed by atoms with Gasteiger partial charge in [0, 0.05) is 31.2 Å². The summed E-state index contributed by atoms with van der Waals surface area (Å²) in [5.41, 5.74) is 3.57. The third kappa shape index (κ3) is 3.17. The zero-order valence-corrected chi connectivity index (χ0v) is 11.2. The van der Waals surface area contributed by atoms with E-state index in [9.17, 15) is 0 Å². The molecule has 4 nitrogen and oxygen atoms in total. The fraction of sp³-hybridized carbons (Fsp3) is 0.429. The Balaban J connectivity index is 1.99. The van der Waals surface area contributed by atoms with Crippen LogP contribution in [0.2, 0.25) is 0 Å². The lowest BCUT2D eigenvalue weighted by Gasteiger charge is -2.15. The van der Waals surface area contributed by atoms with Gasteiger partial charge in [0.1, 0.15) is 0 Å². The van der Waals surface area contributed by atoms with E-state index in [1.165, 1.54) is 11.1 Å². The van der Waals surface area contributed by atoms with Crippen molar-refractivity contribution < 1.29 is 0 Å². The van der Waals surface area contributed by atoms with Gasteiger partial charge in [0.15, 0.2) is 0 Å². The number of rotatable bonds is 5. The second-order valence-corrected chi connectivity index (χ2v) is 4.64. The topological polar surface area (TPSA) is 42.7 Å². The van der Waals surface area contributed by atoms with Gasteiger partial charge >= 0.3 is 0 Å². The molecular formula is C14H20N4. The molecule has 1 N–H and O–H groups in total. The van der Waals surface area contributed by atoms with Crippen LogP contribution in [0, 0.1) is 6.92 Å². The highest BCUT2D eigenvalue weighted by Crippen LogP contribution is 2.18. The van der Waals surface area contributed by atoms with Crippen molar-refractivity contribution in [2.75, 3.05) is 7.05 Å². The van der Waals surface area contributed by atoms with Gasteiger partial charge in [-0.25, -0.2) is 0 Å². The minimum absolute atomic E-state index is 0.346. The quantitative estimate of drug-likeness (QED) is 0.875. The lowest BCUT2D eigenvalue weighted by Crippen LogP contribution is -2.17. The van der Waals surface area contributed by atoms with Crippen molar-refractivity contribution in [3.05, 3.63) is 47.5 Å². The van der Waals surface area contributed by atoms with Crippen molar-refractivity contribution in [3.63, 3.8) is 0 Å². The lowest BCUT2D eigenvalue weighted by atomic mass is 10.0. The predicted octanol–water partition coefficient (Wildman–Crippen LogP) is 2.02. The molecule has 1 atom stereocenters. The number of pyridine rings is 1. The van der Waals surface area contributed by atoms with Crippen molar-refractivity contribution in [1.29, 1.82) is 0 Å². The van der Waals surface area contributed by atoms with E-state index in [4.69, 9.17) is 0 Å². The highest BCUT2D eigenvalue weighted by molar-refractivity contribution is 5.17. The van der Waals surface area contributed by atoms with E-state index in [-0.39, 0.29) is 0 Å². The van der Waals surface area contributed by atoms with Gasteiger partial charge in [0.05, 0.1) is 6.20 Å². The van der Waals surface area contributed by atoms with Crippen LogP contribution in [0.1, 0.15) is 29.3 Å². The summed E-state index contributed by atoms with van der Waals surface area (Å²) in [6, 6.07) is 4.55. The van der Waals surface area contributed by atoms with Crippen molar-refractivity contribution in [1.82, 2.24) is 20.1 Å². The van der Waals surface area contributed by atoms with Crippen molar-refractivity contribution in [2.24, 2.45) is 7.05 Å². The Bertz CT molecular complexity index is 487. The van der Waals surface area contributed by atoms with Crippen LogP contribution >= 0.6 is 0 Å². The molecule has 0 saturated heterocycles. The van der Waals surface area contributed by atoms with E-state index in [1.807, 2.05) is 38.1 Å². The molecule has 2 heterocycles. The molecule has 0 aliphatic carbocycles. The largest absolute Gasteiger partial charge is 0.313 e. The average molecular weight is 244 g/mol. The zero-order valence-electron chi connectivity index (χ0n) is 11.2. The van der Waals surface area contributed by atoms with E-state index in [0.29, 0.717) is 6.04 Å². The molecule has 2 aromatic heterocycles. The lowest BCUT2D eigenvalue weighted by molar-refractivity contribution is 0.547. The van der Waals surface area contributed by atoms with Crippen LogP contribution in [0.3, 0.4) is 0 Å². The molecular weight excluding hydrogens is 224 g/mol. The van der Waals surface area contributed by atoms with E-state index in [1.54, 1.807) is 0 Å². The van der Waals surface area contributed by atoms with Gasteiger partial charge < -0.3 is 5.32 Å². The van der Waals surface area contributed by atoms with E-state index >= 15 is 0 Å². The molecule has 0 bridgehead atoms. The van der Waals surface area contributed by atoms with Gasteiger partial charge in [0.2, 0.25) is 0 Å². The highest BCUT2D eigenvalue weighted by Gasteiger charge is 2.10. The third-order valence-electron chi connectivity index (χ3n) is 3.17. The van der Waals surface area contributed by atoms with Crippen LogP contribution in [0.4, 0.5) is 0 Å². The fourth-order valence-electron chi connectivity index (χ4n) is 2.08. The van der Waals surface area contributed by atoms with Crippen LogP contribution < -0.4 is 5.32 Å². The normalized spacial score (nSPS) is 12.6. The van der Waals surface area contributed by atoms with E-state index in [0.717, 1.165) is 18.5 Å². The minimum Gasteiger partial charge on any atom is -0.313 e. The second-order valence-electron chi connectivity index (χ2n) is 4.64. The average Bonchev–Trinajstić information content (AvgIpc) is 2.78. The highest BCUT2D eigenvalue weighted by atomic mass is 15.2. The summed E-state index contributed by atoms with van der Waals surface area (Å²) < 4.78 is 1.84. The molecule has 0 radical (unpaired) electrons. The van der Waals surface area contributed by atoms with E-state index in [2.05, 4.69) is 33.7 Å². The van der Waals surface area contributed by atoms with Crippen LogP contribution in [0.25, 0.3) is 0 Å². The molecule has 0 spiro atoms. The standard InChI is InChI=1S/C14H20N4/c1-11-4-6-13(9-16-11)14(15-2)7-5-12-8-17-18(3)10-12/h4,6,8-10,14-15H,5,7H2,1-3H3. The maximum Gasteiger partial charge on any atom is 0.0521 e. The second kappa shape index (κ2) is 5.78. The first-order valence-corrected chi connectivity index (χ1v) is 6.26. The Morgan fingerprint density at radius 3 is 2.72 bits per heavy atom. The summed E-state index contributed by atoms with van der Waals surface area (Å²) >= 11 is 0. The Hall–Kier alpha value is -1.68. The van der Waals surface area contributed by atoms with Crippen LogP contribution in [-0.2, 0) is 13.5 Å². The summed E-state index contributed by atoms with van der Waals surface area (Å²) in [5, 5.41) is 7.54. The first-order chi connectivity index (χ1) is 8.69. The van der Waals surface area contributed by atoms with Gasteiger partial charge in [-0.15, -0.1) is 0 Å². The molecule has 0 amide bonds. The molecule has 96 valence electrons. The molecule has 0 fully saturated rings. The van der Waals surface area contributed by atoms with Crippen LogP contribution in [0.15, 0.2) is 30.7 Å². The van der Waals surface area contributed by atoms with Gasteiger partial charge in [-0.05, 0) is 44.0 Å². The molecule has 0 aliphatic rings. The van der Waals surface area contributed by atoms with E-state index < -0.39 is 0 Å². The number of aryl methyl sites for hydroxylation is 3. The minimum atomic E-state index is 0.346. The smallest absolute Gasteiger partial charge is 0.0521 e. The summed E-state index contributed by atoms with van der Waals surface area (Å²) in [6.07, 6.45) is 8.03. The molecule has 0 aliphatic heterocycles. The Morgan fingerprint density at radius 1 is 1.33 bits per heavy atom. The molecule has 18 heavy (non-hydrogen) atoms. The molecule has 0 saturated carbocycles. The fourth-order valence-corrected chi connectivity index (χ4v) is 2.08. The molecule has 4 heteroatoms. The zero-order chi connectivity index (χ0) is 13.0. The Labute approximate surface area is 108 Å². The number of nitrogens with zero attached hydrogens (tertiary/aromatic N) is 3. The van der Waals surface area contributed by atoms with Crippen LogP contribution in [0.5, 0.6) is 0 Å². The number of hydrogen-bond acceptors (Lipinski definition) is 3. The first kappa shape index (κ1) is 12.8.